The van der Waals surface area contributed by atoms with Crippen molar-refractivity contribution < 1.29 is 9.90 Å². The van der Waals surface area contributed by atoms with E-state index >= 15 is 0 Å². The molecule has 3 aromatic rings. The lowest BCUT2D eigenvalue weighted by atomic mass is 9.93. The number of amides is 1. The molecule has 1 aromatic carbocycles. The van der Waals surface area contributed by atoms with Crippen LogP contribution in [0.15, 0.2) is 36.0 Å². The normalized spacial score (nSPS) is 12.8. The van der Waals surface area contributed by atoms with E-state index in [0.717, 1.165) is 15.9 Å². The summed E-state index contributed by atoms with van der Waals surface area (Å²) in [5.74, 6) is 0.335. The van der Waals surface area contributed by atoms with Crippen LogP contribution in [0.1, 0.15) is 45.0 Å². The number of carbonyl (C=O) groups is 1. The van der Waals surface area contributed by atoms with Crippen molar-refractivity contribution in [3.05, 3.63) is 41.5 Å². The summed E-state index contributed by atoms with van der Waals surface area (Å²) in [6.07, 6.45) is 1.57. The van der Waals surface area contributed by atoms with E-state index in [1.165, 1.54) is 0 Å². The van der Waals surface area contributed by atoms with Gasteiger partial charge in [0.2, 0.25) is 0 Å². The number of benzene rings is 1. The van der Waals surface area contributed by atoms with Crippen molar-refractivity contribution in [3.63, 3.8) is 0 Å². The van der Waals surface area contributed by atoms with Crippen LogP contribution in [0.3, 0.4) is 0 Å². The van der Waals surface area contributed by atoms with Gasteiger partial charge in [0.05, 0.1) is 32.6 Å². The van der Waals surface area contributed by atoms with Gasteiger partial charge < -0.3 is 21.1 Å². The lowest BCUT2D eigenvalue weighted by molar-refractivity contribution is 0.0252. The fourth-order valence-electron chi connectivity index (χ4n) is 2.81. The predicted octanol–water partition coefficient (Wildman–Crippen LogP) is 4.39. The molecule has 7 nitrogen and oxygen atoms in total. The SMILES string of the molecule is CC(C)Nc1cc(Nc2ccc3ncsc3c2)ncc1C(=O)NC[C@@H](C)C(C)(C)O. The summed E-state index contributed by atoms with van der Waals surface area (Å²) in [7, 11) is 0. The van der Waals surface area contributed by atoms with E-state index in [0.29, 0.717) is 23.6 Å². The van der Waals surface area contributed by atoms with Crippen LogP contribution >= 0.6 is 11.3 Å². The third-order valence-corrected chi connectivity index (χ3v) is 5.76. The Kier molecular flexibility index (Phi) is 6.58. The Morgan fingerprint density at radius 2 is 1.97 bits per heavy atom. The van der Waals surface area contributed by atoms with Crippen molar-refractivity contribution in [3.8, 4) is 0 Å². The Hall–Kier alpha value is -2.71. The highest BCUT2D eigenvalue weighted by Gasteiger charge is 2.23. The van der Waals surface area contributed by atoms with Crippen LogP contribution in [0.5, 0.6) is 0 Å². The molecule has 0 radical (unpaired) electrons. The minimum absolute atomic E-state index is 0.0847. The first-order valence-electron chi connectivity index (χ1n) is 10.0. The molecule has 0 saturated carbocycles. The van der Waals surface area contributed by atoms with Crippen LogP contribution in [0.4, 0.5) is 17.2 Å². The maximum Gasteiger partial charge on any atom is 0.254 e. The zero-order valence-electron chi connectivity index (χ0n) is 18.0. The molecule has 3 rings (SSSR count). The molecule has 0 aliphatic carbocycles. The number of fused-ring (bicyclic) bond motifs is 1. The zero-order chi connectivity index (χ0) is 21.9. The minimum Gasteiger partial charge on any atom is -0.390 e. The average Bonchev–Trinajstić information content (AvgIpc) is 3.12. The van der Waals surface area contributed by atoms with E-state index in [1.807, 2.05) is 50.5 Å². The molecular formula is C22H29N5O2S. The van der Waals surface area contributed by atoms with Gasteiger partial charge in [-0.1, -0.05) is 6.92 Å². The molecule has 0 unspecified atom stereocenters. The highest BCUT2D eigenvalue weighted by atomic mass is 32.1. The molecule has 160 valence electrons. The van der Waals surface area contributed by atoms with Gasteiger partial charge >= 0.3 is 0 Å². The van der Waals surface area contributed by atoms with Crippen molar-refractivity contribution in [2.45, 2.75) is 46.3 Å². The molecule has 1 amide bonds. The van der Waals surface area contributed by atoms with Crippen molar-refractivity contribution in [1.82, 2.24) is 15.3 Å². The van der Waals surface area contributed by atoms with Crippen molar-refractivity contribution in [2.24, 2.45) is 5.92 Å². The lowest BCUT2D eigenvalue weighted by Crippen LogP contribution is -2.39. The Bertz CT molecular complexity index is 1030. The van der Waals surface area contributed by atoms with E-state index in [-0.39, 0.29) is 17.9 Å². The number of hydrogen-bond donors (Lipinski definition) is 4. The number of thiazole rings is 1. The van der Waals surface area contributed by atoms with Gasteiger partial charge in [-0.25, -0.2) is 9.97 Å². The summed E-state index contributed by atoms with van der Waals surface area (Å²) in [6.45, 7) is 9.78. The minimum atomic E-state index is -0.864. The number of carbonyl (C=O) groups excluding carboxylic acids is 1. The summed E-state index contributed by atoms with van der Waals surface area (Å²) in [6, 6.07) is 7.94. The smallest absolute Gasteiger partial charge is 0.254 e. The van der Waals surface area contributed by atoms with Gasteiger partial charge in [0, 0.05) is 36.5 Å². The zero-order valence-corrected chi connectivity index (χ0v) is 18.8. The highest BCUT2D eigenvalue weighted by molar-refractivity contribution is 7.16. The fourth-order valence-corrected chi connectivity index (χ4v) is 3.52. The lowest BCUT2D eigenvalue weighted by Gasteiger charge is -2.26. The molecule has 0 aliphatic rings. The molecule has 0 spiro atoms. The summed E-state index contributed by atoms with van der Waals surface area (Å²) in [5.41, 5.74) is 4.00. The standard InChI is InChI=1S/C22H29N5O2S/c1-13(2)26-18-9-20(27-15-6-7-17-19(8-15)30-12-25-17)23-11-16(18)21(28)24-10-14(3)22(4,5)29/h6-9,11-14,29H,10H2,1-5H3,(H,24,28)(H2,23,26,27)/t14-/m1/s1. The quantitative estimate of drug-likeness (QED) is 0.425. The maximum absolute atomic E-state index is 12.8. The monoisotopic (exact) mass is 427 g/mol. The van der Waals surface area contributed by atoms with Gasteiger partial charge in [-0.05, 0) is 45.9 Å². The molecule has 0 aliphatic heterocycles. The molecule has 8 heteroatoms. The van der Waals surface area contributed by atoms with Crippen LogP contribution in [0.25, 0.3) is 10.2 Å². The first-order valence-corrected chi connectivity index (χ1v) is 10.9. The highest BCUT2D eigenvalue weighted by Crippen LogP contribution is 2.26. The Balaban J connectivity index is 1.79. The summed E-state index contributed by atoms with van der Waals surface area (Å²) < 4.78 is 1.09. The van der Waals surface area contributed by atoms with Gasteiger partial charge in [-0.15, -0.1) is 11.3 Å². The van der Waals surface area contributed by atoms with Crippen LogP contribution < -0.4 is 16.0 Å². The number of nitrogens with one attached hydrogen (secondary N) is 3. The third kappa shape index (κ3) is 5.46. The van der Waals surface area contributed by atoms with Gasteiger partial charge in [0.15, 0.2) is 0 Å². The van der Waals surface area contributed by atoms with Crippen molar-refractivity contribution in [2.75, 3.05) is 17.2 Å². The van der Waals surface area contributed by atoms with Crippen molar-refractivity contribution >= 4 is 44.7 Å². The van der Waals surface area contributed by atoms with E-state index in [4.69, 9.17) is 0 Å². The van der Waals surface area contributed by atoms with Crippen LogP contribution in [-0.4, -0.2) is 39.2 Å². The number of aliphatic hydroxyl groups is 1. The average molecular weight is 428 g/mol. The second kappa shape index (κ2) is 8.97. The molecule has 1 atom stereocenters. The topological polar surface area (TPSA) is 99.2 Å². The first kappa shape index (κ1) is 22.0. The maximum atomic E-state index is 12.8. The van der Waals surface area contributed by atoms with Gasteiger partial charge in [-0.2, -0.15) is 0 Å². The van der Waals surface area contributed by atoms with E-state index < -0.39 is 5.60 Å². The molecular weight excluding hydrogens is 398 g/mol. The summed E-state index contributed by atoms with van der Waals surface area (Å²) in [4.78, 5) is 21.5. The van der Waals surface area contributed by atoms with Crippen LogP contribution in [-0.2, 0) is 0 Å². The van der Waals surface area contributed by atoms with Crippen molar-refractivity contribution in [1.29, 1.82) is 0 Å². The van der Waals surface area contributed by atoms with E-state index in [1.54, 1.807) is 31.4 Å². The molecule has 30 heavy (non-hydrogen) atoms. The number of hydrogen-bond acceptors (Lipinski definition) is 7. The molecule has 4 N–H and O–H groups in total. The number of rotatable bonds is 8. The molecule has 0 saturated heterocycles. The van der Waals surface area contributed by atoms with E-state index in [9.17, 15) is 9.90 Å². The van der Waals surface area contributed by atoms with Gasteiger partial charge in [0.25, 0.3) is 5.91 Å². The predicted molar refractivity (Wildman–Crippen MR) is 124 cm³/mol. The Labute approximate surface area is 181 Å². The first-order chi connectivity index (χ1) is 14.1. The van der Waals surface area contributed by atoms with Crippen LogP contribution in [0, 0.1) is 5.92 Å². The van der Waals surface area contributed by atoms with Gasteiger partial charge in [0.1, 0.15) is 5.82 Å². The largest absolute Gasteiger partial charge is 0.390 e. The number of pyridine rings is 1. The molecule has 0 bridgehead atoms. The molecule has 2 heterocycles. The Morgan fingerprint density at radius 1 is 1.20 bits per heavy atom. The number of anilines is 3. The van der Waals surface area contributed by atoms with E-state index in [2.05, 4.69) is 25.9 Å². The fraction of sp³-hybridized carbons (Fsp3) is 0.409. The second-order valence-corrected chi connectivity index (χ2v) is 9.23. The third-order valence-electron chi connectivity index (χ3n) is 4.97. The Morgan fingerprint density at radius 3 is 2.67 bits per heavy atom. The molecule has 2 aromatic heterocycles. The number of nitrogens with zero attached hydrogens (tertiary/aromatic N) is 2. The summed E-state index contributed by atoms with van der Waals surface area (Å²) >= 11 is 1.58. The molecule has 0 fully saturated rings. The number of aromatic nitrogens is 2. The summed E-state index contributed by atoms with van der Waals surface area (Å²) in [5, 5.41) is 19.6. The van der Waals surface area contributed by atoms with Crippen LogP contribution in [0.2, 0.25) is 0 Å². The van der Waals surface area contributed by atoms with Gasteiger partial charge in [-0.3, -0.25) is 4.79 Å². The second-order valence-electron chi connectivity index (χ2n) is 8.34.